The third-order valence-electron chi connectivity index (χ3n) is 1.61. The Morgan fingerprint density at radius 2 is 1.93 bits per heavy atom. The zero-order chi connectivity index (χ0) is 10.9. The zero-order valence-corrected chi connectivity index (χ0v) is 8.89. The number of aryl methyl sites for hydroxylation is 1. The Bertz CT molecular complexity index is 481. The Morgan fingerprint density at radius 1 is 1.36 bits per heavy atom. The van der Waals surface area contributed by atoms with Gasteiger partial charge < -0.3 is 0 Å². The first kappa shape index (κ1) is 11.2. The number of rotatable bonds is 2. The van der Waals surface area contributed by atoms with Crippen LogP contribution in [0.2, 0.25) is 0 Å². The van der Waals surface area contributed by atoms with Crippen LogP contribution in [0.1, 0.15) is 15.9 Å². The molecule has 76 valence electrons. The highest BCUT2D eigenvalue weighted by atomic mass is 35.5. The largest absolute Gasteiger partial charge is 0.276 e. The second-order valence-electron chi connectivity index (χ2n) is 2.85. The summed E-state index contributed by atoms with van der Waals surface area (Å²) in [6.07, 6.45) is 0. The predicted molar refractivity (Wildman–Crippen MR) is 52.7 cm³/mol. The first-order chi connectivity index (χ1) is 6.30. The molecule has 0 atom stereocenters. The first-order valence-electron chi connectivity index (χ1n) is 3.65. The number of nitrogens with two attached hydrogens (primary N) is 1. The molecule has 0 aliphatic rings. The van der Waals surface area contributed by atoms with Crippen LogP contribution < -0.4 is 5.14 Å². The van der Waals surface area contributed by atoms with E-state index in [9.17, 15) is 13.2 Å². The monoisotopic (exact) mass is 233 g/mol. The Hall–Kier alpha value is -0.910. The standard InChI is InChI=1S/C8H8ClNO3S/c1-5-2-6(8(9)11)4-7(3-5)14(10,12)13/h2-4H,1H3,(H2,10,12,13). The molecular weight excluding hydrogens is 226 g/mol. The molecule has 0 spiro atoms. The lowest BCUT2D eigenvalue weighted by Crippen LogP contribution is -2.13. The van der Waals surface area contributed by atoms with E-state index in [0.717, 1.165) is 6.07 Å². The smallest absolute Gasteiger partial charge is 0.252 e. The van der Waals surface area contributed by atoms with Crippen LogP contribution in [0, 0.1) is 6.92 Å². The summed E-state index contributed by atoms with van der Waals surface area (Å²) in [4.78, 5) is 10.7. The van der Waals surface area contributed by atoms with E-state index in [4.69, 9.17) is 16.7 Å². The van der Waals surface area contributed by atoms with Gasteiger partial charge in [0.1, 0.15) is 0 Å². The molecule has 1 rings (SSSR count). The van der Waals surface area contributed by atoms with E-state index in [1.807, 2.05) is 0 Å². The summed E-state index contributed by atoms with van der Waals surface area (Å²) in [5.41, 5.74) is 0.733. The lowest BCUT2D eigenvalue weighted by molar-refractivity contribution is 0.108. The zero-order valence-electron chi connectivity index (χ0n) is 7.32. The molecule has 0 unspecified atom stereocenters. The van der Waals surface area contributed by atoms with E-state index < -0.39 is 15.3 Å². The van der Waals surface area contributed by atoms with Crippen molar-refractivity contribution in [2.45, 2.75) is 11.8 Å². The van der Waals surface area contributed by atoms with Gasteiger partial charge >= 0.3 is 0 Å². The van der Waals surface area contributed by atoms with E-state index in [1.54, 1.807) is 6.92 Å². The Balaban J connectivity index is 3.43. The summed E-state index contributed by atoms with van der Waals surface area (Å²) in [5.74, 6) is 0. The maximum atomic E-state index is 11.0. The van der Waals surface area contributed by atoms with Gasteiger partial charge in [-0.1, -0.05) is 0 Å². The fourth-order valence-corrected chi connectivity index (χ4v) is 1.78. The second-order valence-corrected chi connectivity index (χ2v) is 4.76. The first-order valence-corrected chi connectivity index (χ1v) is 5.57. The highest BCUT2D eigenvalue weighted by molar-refractivity contribution is 7.89. The van der Waals surface area contributed by atoms with Crippen molar-refractivity contribution >= 4 is 26.9 Å². The summed E-state index contributed by atoms with van der Waals surface area (Å²) >= 11 is 5.22. The number of carbonyl (C=O) groups is 1. The van der Waals surface area contributed by atoms with Crippen LogP contribution in [-0.4, -0.2) is 13.7 Å². The number of benzene rings is 1. The molecule has 14 heavy (non-hydrogen) atoms. The van der Waals surface area contributed by atoms with Crippen molar-refractivity contribution in [3.63, 3.8) is 0 Å². The van der Waals surface area contributed by atoms with Gasteiger partial charge in [0.05, 0.1) is 4.90 Å². The number of sulfonamides is 1. The van der Waals surface area contributed by atoms with Gasteiger partial charge in [0.2, 0.25) is 10.0 Å². The molecular formula is C8H8ClNO3S. The Labute approximate surface area is 86.7 Å². The molecule has 0 aromatic heterocycles. The summed E-state index contributed by atoms with van der Waals surface area (Å²) in [7, 11) is -3.79. The lowest BCUT2D eigenvalue weighted by Gasteiger charge is -2.02. The van der Waals surface area contributed by atoms with E-state index in [0.29, 0.717) is 5.56 Å². The maximum Gasteiger partial charge on any atom is 0.252 e. The Morgan fingerprint density at radius 3 is 2.36 bits per heavy atom. The van der Waals surface area contributed by atoms with Crippen molar-refractivity contribution in [1.82, 2.24) is 0 Å². The van der Waals surface area contributed by atoms with Crippen molar-refractivity contribution in [3.8, 4) is 0 Å². The van der Waals surface area contributed by atoms with E-state index in [-0.39, 0.29) is 10.5 Å². The minimum Gasteiger partial charge on any atom is -0.276 e. The molecule has 0 saturated heterocycles. The van der Waals surface area contributed by atoms with Crippen LogP contribution in [0.4, 0.5) is 0 Å². The third kappa shape index (κ3) is 2.54. The van der Waals surface area contributed by atoms with Gasteiger partial charge in [0.15, 0.2) is 0 Å². The van der Waals surface area contributed by atoms with Crippen LogP contribution in [-0.2, 0) is 10.0 Å². The van der Waals surface area contributed by atoms with Crippen molar-refractivity contribution in [2.75, 3.05) is 0 Å². The summed E-state index contributed by atoms with van der Waals surface area (Å²) < 4.78 is 22.0. The van der Waals surface area contributed by atoms with Crippen molar-refractivity contribution in [1.29, 1.82) is 0 Å². The molecule has 4 nitrogen and oxygen atoms in total. The molecule has 2 N–H and O–H groups in total. The molecule has 0 aliphatic carbocycles. The van der Waals surface area contributed by atoms with E-state index in [1.165, 1.54) is 12.1 Å². The average molecular weight is 234 g/mol. The normalized spacial score (nSPS) is 11.4. The molecule has 0 saturated carbocycles. The Kier molecular flexibility index (Phi) is 2.94. The van der Waals surface area contributed by atoms with E-state index >= 15 is 0 Å². The molecule has 6 heteroatoms. The van der Waals surface area contributed by atoms with Gasteiger partial charge in [-0.15, -0.1) is 0 Å². The molecule has 1 aromatic rings. The lowest BCUT2D eigenvalue weighted by atomic mass is 10.1. The predicted octanol–water partition coefficient (Wildman–Crippen LogP) is 1.02. The fourth-order valence-electron chi connectivity index (χ4n) is 1.03. The van der Waals surface area contributed by atoms with Crippen molar-refractivity contribution in [2.24, 2.45) is 5.14 Å². The SMILES string of the molecule is Cc1cc(C(=O)Cl)cc(S(N)(=O)=O)c1. The number of primary sulfonamides is 1. The molecule has 0 heterocycles. The quantitative estimate of drug-likeness (QED) is 0.775. The fraction of sp³-hybridized carbons (Fsp3) is 0.125. The molecule has 1 aromatic carbocycles. The van der Waals surface area contributed by atoms with Crippen molar-refractivity contribution < 1.29 is 13.2 Å². The number of hydrogen-bond acceptors (Lipinski definition) is 3. The summed E-state index contributed by atoms with van der Waals surface area (Å²) in [6, 6.07) is 4.01. The van der Waals surface area contributed by atoms with Gasteiger partial charge in [0, 0.05) is 5.56 Å². The van der Waals surface area contributed by atoms with Crippen LogP contribution in [0.15, 0.2) is 23.1 Å². The highest BCUT2D eigenvalue weighted by Crippen LogP contribution is 2.14. The van der Waals surface area contributed by atoms with Crippen LogP contribution in [0.25, 0.3) is 0 Å². The van der Waals surface area contributed by atoms with Gasteiger partial charge in [0.25, 0.3) is 5.24 Å². The minimum absolute atomic E-state index is 0.110. The third-order valence-corrected chi connectivity index (χ3v) is 2.72. The topological polar surface area (TPSA) is 77.2 Å². The summed E-state index contributed by atoms with van der Waals surface area (Å²) in [5, 5.41) is 4.20. The van der Waals surface area contributed by atoms with Gasteiger partial charge in [-0.05, 0) is 42.3 Å². The van der Waals surface area contributed by atoms with Crippen LogP contribution in [0.5, 0.6) is 0 Å². The van der Waals surface area contributed by atoms with Crippen molar-refractivity contribution in [3.05, 3.63) is 29.3 Å². The molecule has 0 radical (unpaired) electrons. The highest BCUT2D eigenvalue weighted by Gasteiger charge is 2.11. The van der Waals surface area contributed by atoms with E-state index in [2.05, 4.69) is 0 Å². The molecule has 0 bridgehead atoms. The molecule has 0 aliphatic heterocycles. The van der Waals surface area contributed by atoms with Gasteiger partial charge in [-0.25, -0.2) is 13.6 Å². The minimum atomic E-state index is -3.79. The molecule has 0 amide bonds. The average Bonchev–Trinajstić information content (AvgIpc) is 2.01. The number of hydrogen-bond donors (Lipinski definition) is 1. The second kappa shape index (κ2) is 3.68. The van der Waals surface area contributed by atoms with Gasteiger partial charge in [-0.2, -0.15) is 0 Å². The van der Waals surface area contributed by atoms with Crippen LogP contribution in [0.3, 0.4) is 0 Å². The van der Waals surface area contributed by atoms with Crippen LogP contribution >= 0.6 is 11.6 Å². The van der Waals surface area contributed by atoms with Gasteiger partial charge in [-0.3, -0.25) is 4.79 Å². The number of carbonyl (C=O) groups excluding carboxylic acids is 1. The summed E-state index contributed by atoms with van der Waals surface area (Å²) in [6.45, 7) is 1.65. The maximum absolute atomic E-state index is 11.0. The number of halogens is 1. The molecule has 0 fully saturated rings.